The molecule has 120 valence electrons. The van der Waals surface area contributed by atoms with Crippen LogP contribution in [0.2, 0.25) is 5.02 Å². The second kappa shape index (κ2) is 6.65. The third kappa shape index (κ3) is 3.45. The summed E-state index contributed by atoms with van der Waals surface area (Å²) >= 11 is 8.28. The average molecular weight is 443 g/mol. The molecule has 1 aliphatic carbocycles. The third-order valence-electron chi connectivity index (χ3n) is 4.18. The van der Waals surface area contributed by atoms with Crippen LogP contribution in [0.4, 0.5) is 5.69 Å². The van der Waals surface area contributed by atoms with Crippen LogP contribution in [0.1, 0.15) is 23.2 Å². The molecule has 2 amide bonds. The van der Waals surface area contributed by atoms with E-state index in [0.29, 0.717) is 22.7 Å². The summed E-state index contributed by atoms with van der Waals surface area (Å²) in [5.74, 6) is -0.0951. The number of carbonyl (C=O) groups excluding carboxylic acids is 2. The Morgan fingerprint density at radius 3 is 2.87 bits per heavy atom. The molecule has 0 aromatic heterocycles. The normalized spacial score (nSPS) is 24.0. The van der Waals surface area contributed by atoms with Gasteiger partial charge >= 0.3 is 0 Å². The predicted molar refractivity (Wildman–Crippen MR) is 100 cm³/mol. The number of carbonyl (C=O) groups is 2. The van der Waals surface area contributed by atoms with Crippen molar-refractivity contribution in [3.63, 3.8) is 0 Å². The lowest BCUT2D eigenvalue weighted by Crippen LogP contribution is -2.45. The molecule has 2 aliphatic rings. The first-order chi connectivity index (χ1) is 11.0. The maximum Gasteiger partial charge on any atom is 0.254 e. The monoisotopic (exact) mass is 442 g/mol. The number of hydrogen-bond donors (Lipinski definition) is 1. The molecule has 23 heavy (non-hydrogen) atoms. The minimum absolute atomic E-state index is 0.114. The van der Waals surface area contributed by atoms with E-state index in [-0.39, 0.29) is 17.7 Å². The summed E-state index contributed by atoms with van der Waals surface area (Å²) in [6, 6.07) is 4.44. The van der Waals surface area contributed by atoms with E-state index in [9.17, 15) is 9.59 Å². The Bertz CT molecular complexity index is 729. The molecule has 1 unspecified atom stereocenters. The molecule has 4 nitrogen and oxygen atoms in total. The summed E-state index contributed by atoms with van der Waals surface area (Å²) in [4.78, 5) is 26.7. The first-order valence-electron chi connectivity index (χ1n) is 7.37. The van der Waals surface area contributed by atoms with E-state index in [1.807, 2.05) is 0 Å². The van der Waals surface area contributed by atoms with Crippen molar-refractivity contribution in [1.82, 2.24) is 5.32 Å². The van der Waals surface area contributed by atoms with Gasteiger partial charge in [0.05, 0.1) is 11.3 Å². The number of nitrogens with one attached hydrogen (secondary N) is 1. The summed E-state index contributed by atoms with van der Waals surface area (Å²) in [5, 5.41) is 3.37. The zero-order valence-corrected chi connectivity index (χ0v) is 15.5. The van der Waals surface area contributed by atoms with E-state index in [4.69, 9.17) is 11.6 Å². The van der Waals surface area contributed by atoms with Gasteiger partial charge < -0.3 is 10.2 Å². The predicted octanol–water partition coefficient (Wildman–Crippen LogP) is 3.70. The smallest absolute Gasteiger partial charge is 0.254 e. The van der Waals surface area contributed by atoms with Crippen molar-refractivity contribution in [2.45, 2.75) is 18.9 Å². The fourth-order valence-electron chi connectivity index (χ4n) is 2.90. The molecular weight excluding hydrogens is 427 g/mol. The molecule has 6 heteroatoms. The van der Waals surface area contributed by atoms with Crippen LogP contribution in [0.5, 0.6) is 0 Å². The van der Waals surface area contributed by atoms with E-state index < -0.39 is 6.04 Å². The quantitative estimate of drug-likeness (QED) is 0.710. The Balaban J connectivity index is 1.84. The molecule has 1 aliphatic heterocycles. The first-order valence-corrected chi connectivity index (χ1v) is 8.83. The maximum atomic E-state index is 12.7. The van der Waals surface area contributed by atoms with Crippen LogP contribution < -0.4 is 10.2 Å². The summed E-state index contributed by atoms with van der Waals surface area (Å²) in [6.07, 6.45) is 7.78. The highest BCUT2D eigenvalue weighted by molar-refractivity contribution is 14.1. The molecule has 2 atom stereocenters. The topological polar surface area (TPSA) is 49.4 Å². The number of allylic oxidation sites excluding steroid dienone is 4. The Hall–Kier alpha value is -1.34. The van der Waals surface area contributed by atoms with Gasteiger partial charge in [0.25, 0.3) is 5.91 Å². The molecule has 1 aromatic rings. The van der Waals surface area contributed by atoms with Crippen LogP contribution in [-0.4, -0.2) is 24.9 Å². The SMILES string of the molecule is CN1C(=O)[C@@H](CC2C=CC(I)=CC2)NC(=O)c2ccc(Cl)cc21. The number of fused-ring (bicyclic) bond motifs is 1. The Morgan fingerprint density at radius 2 is 2.17 bits per heavy atom. The summed E-state index contributed by atoms with van der Waals surface area (Å²) in [6.45, 7) is 0. The minimum Gasteiger partial charge on any atom is -0.340 e. The Morgan fingerprint density at radius 1 is 1.39 bits per heavy atom. The number of hydrogen-bond acceptors (Lipinski definition) is 2. The van der Waals surface area contributed by atoms with Gasteiger partial charge in [-0.05, 0) is 59.5 Å². The maximum absolute atomic E-state index is 12.7. The molecule has 0 bridgehead atoms. The molecule has 1 N–H and O–H groups in total. The number of rotatable bonds is 2. The molecule has 0 saturated carbocycles. The number of benzene rings is 1. The van der Waals surface area contributed by atoms with Gasteiger partial charge in [0.15, 0.2) is 0 Å². The standard InChI is InChI=1S/C17H16ClIN2O2/c1-21-15-9-11(18)4-7-13(15)16(22)20-14(17(21)23)8-10-2-5-12(19)6-3-10/h2,4-7,9-10,14H,3,8H2,1H3,(H,20,22)/t10?,14-/m1/s1. The molecule has 1 heterocycles. The van der Waals surface area contributed by atoms with Crippen molar-refractivity contribution in [3.05, 3.63) is 50.6 Å². The minimum atomic E-state index is -0.530. The second-order valence-electron chi connectivity index (χ2n) is 5.76. The van der Waals surface area contributed by atoms with Crippen molar-refractivity contribution < 1.29 is 9.59 Å². The van der Waals surface area contributed by atoms with E-state index in [0.717, 1.165) is 6.42 Å². The molecule has 0 spiro atoms. The van der Waals surface area contributed by atoms with Crippen LogP contribution in [0.15, 0.2) is 40.0 Å². The van der Waals surface area contributed by atoms with Crippen LogP contribution in [0.25, 0.3) is 0 Å². The number of nitrogens with zero attached hydrogens (tertiary/aromatic N) is 1. The Kier molecular flexibility index (Phi) is 4.77. The fourth-order valence-corrected chi connectivity index (χ4v) is 3.53. The van der Waals surface area contributed by atoms with Crippen molar-refractivity contribution in [2.75, 3.05) is 11.9 Å². The van der Waals surface area contributed by atoms with Gasteiger partial charge in [-0.25, -0.2) is 0 Å². The van der Waals surface area contributed by atoms with Gasteiger partial charge in [-0.15, -0.1) is 0 Å². The molecule has 1 aromatic carbocycles. The lowest BCUT2D eigenvalue weighted by atomic mass is 9.93. The number of likely N-dealkylation sites (N-methyl/N-ethyl adjacent to an activating group) is 1. The summed E-state index contributed by atoms with van der Waals surface area (Å²) in [7, 11) is 1.68. The number of anilines is 1. The van der Waals surface area contributed by atoms with Gasteiger partial charge in [0.2, 0.25) is 5.91 Å². The number of halogens is 2. The second-order valence-corrected chi connectivity index (χ2v) is 7.45. The van der Waals surface area contributed by atoms with Crippen LogP contribution in [0, 0.1) is 5.92 Å². The zero-order valence-electron chi connectivity index (χ0n) is 12.6. The zero-order chi connectivity index (χ0) is 16.6. The van der Waals surface area contributed by atoms with Crippen molar-refractivity contribution in [2.24, 2.45) is 5.92 Å². The van der Waals surface area contributed by atoms with E-state index >= 15 is 0 Å². The molecule has 0 radical (unpaired) electrons. The van der Waals surface area contributed by atoms with Crippen molar-refractivity contribution >= 4 is 51.7 Å². The van der Waals surface area contributed by atoms with Gasteiger partial charge in [-0.2, -0.15) is 0 Å². The number of amides is 2. The van der Waals surface area contributed by atoms with E-state index in [1.165, 1.54) is 8.48 Å². The fraction of sp³-hybridized carbons (Fsp3) is 0.294. The first kappa shape index (κ1) is 16.5. The third-order valence-corrected chi connectivity index (χ3v) is 5.22. The molecule has 0 fully saturated rings. The lowest BCUT2D eigenvalue weighted by Gasteiger charge is -2.24. The highest BCUT2D eigenvalue weighted by Gasteiger charge is 2.33. The van der Waals surface area contributed by atoms with Gasteiger partial charge in [-0.3, -0.25) is 9.59 Å². The van der Waals surface area contributed by atoms with Gasteiger partial charge in [-0.1, -0.05) is 29.8 Å². The Labute approximate surface area is 153 Å². The highest BCUT2D eigenvalue weighted by Crippen LogP contribution is 2.29. The molecule has 0 saturated heterocycles. The van der Waals surface area contributed by atoms with Gasteiger partial charge in [0, 0.05) is 15.7 Å². The van der Waals surface area contributed by atoms with E-state index in [2.05, 4.69) is 46.1 Å². The van der Waals surface area contributed by atoms with E-state index in [1.54, 1.807) is 25.2 Å². The van der Waals surface area contributed by atoms with Crippen LogP contribution in [0.3, 0.4) is 0 Å². The van der Waals surface area contributed by atoms with Crippen molar-refractivity contribution in [1.29, 1.82) is 0 Å². The van der Waals surface area contributed by atoms with Crippen LogP contribution in [-0.2, 0) is 4.79 Å². The van der Waals surface area contributed by atoms with Crippen LogP contribution >= 0.6 is 34.2 Å². The van der Waals surface area contributed by atoms with Gasteiger partial charge in [0.1, 0.15) is 6.04 Å². The molecule has 3 rings (SSSR count). The lowest BCUT2D eigenvalue weighted by molar-refractivity contribution is -0.120. The average Bonchev–Trinajstić information content (AvgIpc) is 2.61. The summed E-state index contributed by atoms with van der Waals surface area (Å²) < 4.78 is 1.20. The van der Waals surface area contributed by atoms with Crippen molar-refractivity contribution in [3.8, 4) is 0 Å². The molecular formula is C17H16ClIN2O2. The largest absolute Gasteiger partial charge is 0.340 e. The highest BCUT2D eigenvalue weighted by atomic mass is 127. The summed E-state index contributed by atoms with van der Waals surface area (Å²) in [5.41, 5.74) is 1.03.